The fraction of sp³-hybridized carbons (Fsp3) is 0. The number of hydrazone groups is 1. The van der Waals surface area contributed by atoms with Crippen LogP contribution in [0.4, 0.5) is 11.4 Å². The lowest BCUT2D eigenvalue weighted by molar-refractivity contribution is -0.385. The molecule has 0 aliphatic rings. The number of halogens is 1. The molecule has 25 heavy (non-hydrogen) atoms. The highest BCUT2D eigenvalue weighted by atomic mass is 35.5. The predicted octanol–water partition coefficient (Wildman–Crippen LogP) is 2.47. The molecule has 0 amide bonds. The third-order valence-corrected chi connectivity index (χ3v) is 4.43. The van der Waals surface area contributed by atoms with Crippen LogP contribution in [0.15, 0.2) is 52.5 Å². The summed E-state index contributed by atoms with van der Waals surface area (Å²) in [5.41, 5.74) is -0.509. The van der Waals surface area contributed by atoms with Crippen LogP contribution in [-0.4, -0.2) is 24.5 Å². The van der Waals surface area contributed by atoms with Crippen LogP contribution >= 0.6 is 11.6 Å². The monoisotopic (exact) mass is 384 g/mol. The highest BCUT2D eigenvalue weighted by molar-refractivity contribution is 7.89. The Labute approximate surface area is 146 Å². The molecule has 2 rings (SSSR count). The number of nitrogens with zero attached hydrogens (tertiary/aromatic N) is 3. The van der Waals surface area contributed by atoms with Gasteiger partial charge < -0.3 is 0 Å². The summed E-state index contributed by atoms with van der Waals surface area (Å²) in [7, 11) is -4.13. The molecular weight excluding hydrogens is 376 g/mol. The molecule has 2 aromatic rings. The van der Waals surface area contributed by atoms with Crippen molar-refractivity contribution in [3.8, 4) is 0 Å². The number of sulfonamides is 1. The van der Waals surface area contributed by atoms with Gasteiger partial charge in [-0.2, -0.15) is 13.5 Å². The SMILES string of the molecule is O=[N+]([O-])c1cccc(S(=O)(=O)N/N=C/c2ccc(Cl)c([N+](=O)[O-])c2)c1. The molecule has 0 aromatic heterocycles. The summed E-state index contributed by atoms with van der Waals surface area (Å²) in [6.45, 7) is 0. The van der Waals surface area contributed by atoms with Crippen LogP contribution in [-0.2, 0) is 10.0 Å². The van der Waals surface area contributed by atoms with Gasteiger partial charge in [0, 0.05) is 23.8 Å². The van der Waals surface area contributed by atoms with E-state index in [4.69, 9.17) is 11.6 Å². The smallest absolute Gasteiger partial charge is 0.258 e. The Morgan fingerprint density at radius 2 is 1.80 bits per heavy atom. The third-order valence-electron chi connectivity index (χ3n) is 2.89. The Kier molecular flexibility index (Phi) is 5.29. The number of nitro benzene ring substituents is 2. The molecule has 0 aliphatic heterocycles. The van der Waals surface area contributed by atoms with Crippen molar-refractivity contribution in [2.24, 2.45) is 5.10 Å². The third kappa shape index (κ3) is 4.49. The Morgan fingerprint density at radius 1 is 1.08 bits per heavy atom. The van der Waals surface area contributed by atoms with Gasteiger partial charge in [0.15, 0.2) is 0 Å². The summed E-state index contributed by atoms with van der Waals surface area (Å²) in [6.07, 6.45) is 1.04. The van der Waals surface area contributed by atoms with E-state index in [2.05, 4.69) is 5.10 Å². The molecule has 0 unspecified atom stereocenters. The van der Waals surface area contributed by atoms with Gasteiger partial charge in [0.1, 0.15) is 5.02 Å². The first-order valence-electron chi connectivity index (χ1n) is 6.44. The summed E-state index contributed by atoms with van der Waals surface area (Å²) >= 11 is 5.67. The van der Waals surface area contributed by atoms with Crippen molar-refractivity contribution in [3.63, 3.8) is 0 Å². The molecule has 2 aromatic carbocycles. The highest BCUT2D eigenvalue weighted by Crippen LogP contribution is 2.24. The number of nitrogens with one attached hydrogen (secondary N) is 1. The van der Waals surface area contributed by atoms with Crippen molar-refractivity contribution < 1.29 is 18.3 Å². The number of benzene rings is 2. The van der Waals surface area contributed by atoms with E-state index in [0.29, 0.717) is 0 Å². The van der Waals surface area contributed by atoms with Crippen LogP contribution in [0.1, 0.15) is 5.56 Å². The quantitative estimate of drug-likeness (QED) is 0.460. The number of hydrogen-bond donors (Lipinski definition) is 1. The standard InChI is InChI=1S/C13H9ClN4O6S/c14-12-5-4-9(6-13(12)18(21)22)8-15-16-25(23,24)11-3-1-2-10(7-11)17(19)20/h1-8,16H/b15-8+. The van der Waals surface area contributed by atoms with E-state index >= 15 is 0 Å². The van der Waals surface area contributed by atoms with Crippen molar-refractivity contribution in [3.05, 3.63) is 73.3 Å². The number of nitro groups is 2. The fourth-order valence-corrected chi connectivity index (χ4v) is 2.75. The maximum Gasteiger partial charge on any atom is 0.288 e. The zero-order valence-electron chi connectivity index (χ0n) is 12.2. The molecule has 0 heterocycles. The Morgan fingerprint density at radius 3 is 2.44 bits per heavy atom. The topological polar surface area (TPSA) is 145 Å². The maximum atomic E-state index is 12.0. The van der Waals surface area contributed by atoms with Crippen LogP contribution in [0.25, 0.3) is 0 Å². The van der Waals surface area contributed by atoms with Gasteiger partial charge in [0.25, 0.3) is 21.4 Å². The second-order valence-corrected chi connectivity index (χ2v) is 6.64. The van der Waals surface area contributed by atoms with Crippen molar-refractivity contribution >= 4 is 39.2 Å². The van der Waals surface area contributed by atoms with Crippen molar-refractivity contribution in [2.45, 2.75) is 4.90 Å². The fourth-order valence-electron chi connectivity index (χ4n) is 1.74. The van der Waals surface area contributed by atoms with Crippen LogP contribution in [0.5, 0.6) is 0 Å². The minimum Gasteiger partial charge on any atom is -0.258 e. The van der Waals surface area contributed by atoms with E-state index < -0.39 is 19.9 Å². The van der Waals surface area contributed by atoms with Gasteiger partial charge in [-0.05, 0) is 12.1 Å². The van der Waals surface area contributed by atoms with Crippen molar-refractivity contribution in [1.82, 2.24) is 4.83 Å². The van der Waals surface area contributed by atoms with Gasteiger partial charge >= 0.3 is 0 Å². The molecule has 0 bridgehead atoms. The van der Waals surface area contributed by atoms with Crippen molar-refractivity contribution in [1.29, 1.82) is 0 Å². The summed E-state index contributed by atoms with van der Waals surface area (Å²) in [5, 5.41) is 24.9. The Bertz CT molecular complexity index is 976. The molecule has 0 saturated carbocycles. The molecule has 0 radical (unpaired) electrons. The molecule has 0 spiro atoms. The van der Waals surface area contributed by atoms with Crippen molar-refractivity contribution in [2.75, 3.05) is 0 Å². The molecule has 0 atom stereocenters. The van der Waals surface area contributed by atoms with E-state index in [9.17, 15) is 28.6 Å². The molecule has 0 fully saturated rings. The molecule has 130 valence electrons. The van der Waals surface area contributed by atoms with Gasteiger partial charge in [-0.25, -0.2) is 4.83 Å². The van der Waals surface area contributed by atoms with Crippen LogP contribution in [0.2, 0.25) is 5.02 Å². The van der Waals surface area contributed by atoms with E-state index in [0.717, 1.165) is 30.5 Å². The first-order chi connectivity index (χ1) is 11.7. The minimum absolute atomic E-state index is 0.0701. The van der Waals surface area contributed by atoms with E-state index in [-0.39, 0.29) is 26.9 Å². The Balaban J connectivity index is 2.21. The summed E-state index contributed by atoms with van der Waals surface area (Å²) in [6, 6.07) is 8.21. The lowest BCUT2D eigenvalue weighted by Gasteiger charge is -2.03. The minimum atomic E-state index is -4.13. The Hall–Kier alpha value is -3.05. The zero-order valence-corrected chi connectivity index (χ0v) is 13.8. The normalized spacial score (nSPS) is 11.4. The van der Waals surface area contributed by atoms with E-state index in [1.54, 1.807) is 0 Å². The van der Waals surface area contributed by atoms with Gasteiger partial charge in [-0.1, -0.05) is 23.7 Å². The first-order valence-corrected chi connectivity index (χ1v) is 8.30. The number of hydrogen-bond acceptors (Lipinski definition) is 7. The molecule has 0 aliphatic carbocycles. The largest absolute Gasteiger partial charge is 0.288 e. The molecule has 12 heteroatoms. The zero-order chi connectivity index (χ0) is 18.6. The number of rotatable bonds is 6. The molecular formula is C13H9ClN4O6S. The first kappa shape index (κ1) is 18.3. The molecule has 0 saturated heterocycles. The van der Waals surface area contributed by atoms with Gasteiger partial charge in [-0.15, -0.1) is 0 Å². The molecule has 10 nitrogen and oxygen atoms in total. The second kappa shape index (κ2) is 7.23. The lowest BCUT2D eigenvalue weighted by Crippen LogP contribution is -2.18. The second-order valence-electron chi connectivity index (χ2n) is 4.58. The van der Waals surface area contributed by atoms with Gasteiger partial charge in [-0.3, -0.25) is 20.2 Å². The van der Waals surface area contributed by atoms with Crippen LogP contribution < -0.4 is 4.83 Å². The van der Waals surface area contributed by atoms with Gasteiger partial charge in [0.05, 0.1) is 21.0 Å². The highest BCUT2D eigenvalue weighted by Gasteiger charge is 2.17. The van der Waals surface area contributed by atoms with E-state index in [1.807, 2.05) is 4.83 Å². The lowest BCUT2D eigenvalue weighted by atomic mass is 10.2. The molecule has 1 N–H and O–H groups in total. The summed E-state index contributed by atoms with van der Waals surface area (Å²) < 4.78 is 24.1. The average molecular weight is 385 g/mol. The number of non-ortho nitro benzene ring substituents is 1. The summed E-state index contributed by atoms with van der Waals surface area (Å²) in [4.78, 5) is 21.6. The van der Waals surface area contributed by atoms with E-state index in [1.165, 1.54) is 18.2 Å². The van der Waals surface area contributed by atoms with Crippen LogP contribution in [0, 0.1) is 20.2 Å². The average Bonchev–Trinajstić information content (AvgIpc) is 2.56. The summed E-state index contributed by atoms with van der Waals surface area (Å²) in [5.74, 6) is 0. The van der Waals surface area contributed by atoms with Gasteiger partial charge in [0.2, 0.25) is 0 Å². The maximum absolute atomic E-state index is 12.0. The van der Waals surface area contributed by atoms with Crippen LogP contribution in [0.3, 0.4) is 0 Å². The predicted molar refractivity (Wildman–Crippen MR) is 89.1 cm³/mol.